The standard InChI is InChI=1S/C14H10ClNO2S/c1-7-8(2)18-12-4-3-9(5-10(12)13(7)17)11-6-19-14(15)16-11/h3-6H,1-2H3. The zero-order valence-corrected chi connectivity index (χ0v) is 11.9. The fraction of sp³-hybridized carbons (Fsp3) is 0.143. The lowest BCUT2D eigenvalue weighted by atomic mass is 10.1. The predicted molar refractivity (Wildman–Crippen MR) is 78.1 cm³/mol. The van der Waals surface area contributed by atoms with E-state index in [1.165, 1.54) is 11.3 Å². The van der Waals surface area contributed by atoms with Crippen molar-refractivity contribution in [2.75, 3.05) is 0 Å². The van der Waals surface area contributed by atoms with Crippen LogP contribution in [0, 0.1) is 13.8 Å². The highest BCUT2D eigenvalue weighted by Gasteiger charge is 2.10. The molecule has 0 fully saturated rings. The molecule has 0 aliphatic heterocycles. The molecule has 0 saturated heterocycles. The summed E-state index contributed by atoms with van der Waals surface area (Å²) in [6.45, 7) is 3.57. The number of halogens is 1. The Morgan fingerprint density at radius 2 is 2.11 bits per heavy atom. The highest BCUT2D eigenvalue weighted by Crippen LogP contribution is 2.27. The maximum Gasteiger partial charge on any atom is 0.195 e. The lowest BCUT2D eigenvalue weighted by molar-refractivity contribution is 0.559. The zero-order chi connectivity index (χ0) is 13.6. The first-order valence-corrected chi connectivity index (χ1v) is 6.97. The van der Waals surface area contributed by atoms with Gasteiger partial charge in [-0.2, -0.15) is 0 Å². The number of hydrogen-bond acceptors (Lipinski definition) is 4. The number of benzene rings is 1. The molecule has 3 rings (SSSR count). The van der Waals surface area contributed by atoms with E-state index in [9.17, 15) is 4.79 Å². The van der Waals surface area contributed by atoms with Crippen molar-refractivity contribution in [1.29, 1.82) is 0 Å². The van der Waals surface area contributed by atoms with Gasteiger partial charge in [0.1, 0.15) is 11.3 Å². The first-order valence-electron chi connectivity index (χ1n) is 5.72. The van der Waals surface area contributed by atoms with Gasteiger partial charge < -0.3 is 4.42 Å². The van der Waals surface area contributed by atoms with Crippen molar-refractivity contribution in [3.63, 3.8) is 0 Å². The van der Waals surface area contributed by atoms with Crippen LogP contribution >= 0.6 is 22.9 Å². The van der Waals surface area contributed by atoms with Crippen LogP contribution in [-0.4, -0.2) is 4.98 Å². The quantitative estimate of drug-likeness (QED) is 0.675. The Hall–Kier alpha value is -1.65. The van der Waals surface area contributed by atoms with Crippen molar-refractivity contribution >= 4 is 33.9 Å². The minimum Gasteiger partial charge on any atom is -0.461 e. The number of hydrogen-bond donors (Lipinski definition) is 0. The van der Waals surface area contributed by atoms with Crippen molar-refractivity contribution in [3.8, 4) is 11.3 Å². The number of fused-ring (bicyclic) bond motifs is 1. The molecule has 1 aromatic carbocycles. The van der Waals surface area contributed by atoms with Crippen LogP contribution in [0.15, 0.2) is 32.8 Å². The Balaban J connectivity index is 2.29. The normalized spacial score (nSPS) is 11.1. The van der Waals surface area contributed by atoms with E-state index < -0.39 is 0 Å². The van der Waals surface area contributed by atoms with Crippen LogP contribution in [0.2, 0.25) is 4.47 Å². The Labute approximate surface area is 118 Å². The number of aromatic nitrogens is 1. The molecule has 0 bridgehead atoms. The summed E-state index contributed by atoms with van der Waals surface area (Å²) in [5.41, 5.74) is 2.88. The summed E-state index contributed by atoms with van der Waals surface area (Å²) < 4.78 is 6.11. The van der Waals surface area contributed by atoms with Gasteiger partial charge in [0.25, 0.3) is 0 Å². The van der Waals surface area contributed by atoms with Crippen LogP contribution in [0.5, 0.6) is 0 Å². The first kappa shape index (κ1) is 12.4. The largest absolute Gasteiger partial charge is 0.461 e. The Bertz CT molecular complexity index is 835. The van der Waals surface area contributed by atoms with Gasteiger partial charge in [-0.15, -0.1) is 11.3 Å². The van der Waals surface area contributed by atoms with Gasteiger partial charge >= 0.3 is 0 Å². The minimum absolute atomic E-state index is 0.00178. The molecule has 2 heterocycles. The van der Waals surface area contributed by atoms with Crippen molar-refractivity contribution in [2.45, 2.75) is 13.8 Å². The molecular weight excluding hydrogens is 282 g/mol. The van der Waals surface area contributed by atoms with Gasteiger partial charge in [0, 0.05) is 16.5 Å². The molecule has 0 aliphatic carbocycles. The van der Waals surface area contributed by atoms with Gasteiger partial charge in [0.2, 0.25) is 0 Å². The fourth-order valence-electron chi connectivity index (χ4n) is 1.94. The molecule has 0 saturated carbocycles. The summed E-state index contributed by atoms with van der Waals surface area (Å²) in [5.74, 6) is 0.655. The van der Waals surface area contributed by atoms with Crippen molar-refractivity contribution in [3.05, 3.63) is 49.6 Å². The molecule has 0 amide bonds. The van der Waals surface area contributed by atoms with Crippen LogP contribution in [0.4, 0.5) is 0 Å². The Morgan fingerprint density at radius 1 is 1.32 bits per heavy atom. The third kappa shape index (κ3) is 2.07. The maximum atomic E-state index is 12.2. The molecule has 0 aliphatic rings. The molecule has 0 unspecified atom stereocenters. The second-order valence-electron chi connectivity index (χ2n) is 4.31. The first-order chi connectivity index (χ1) is 9.06. The Kier molecular flexibility index (Phi) is 2.92. The second-order valence-corrected chi connectivity index (χ2v) is 5.75. The second kappa shape index (κ2) is 4.47. The summed E-state index contributed by atoms with van der Waals surface area (Å²) in [4.78, 5) is 16.4. The monoisotopic (exact) mass is 291 g/mol. The topological polar surface area (TPSA) is 43.1 Å². The van der Waals surface area contributed by atoms with E-state index in [-0.39, 0.29) is 5.43 Å². The van der Waals surface area contributed by atoms with Crippen molar-refractivity contribution in [2.24, 2.45) is 0 Å². The van der Waals surface area contributed by atoms with Crippen LogP contribution in [-0.2, 0) is 0 Å². The number of aryl methyl sites for hydroxylation is 1. The van der Waals surface area contributed by atoms with Gasteiger partial charge in [-0.1, -0.05) is 11.6 Å². The number of rotatable bonds is 1. The Morgan fingerprint density at radius 3 is 2.79 bits per heavy atom. The summed E-state index contributed by atoms with van der Waals surface area (Å²) in [5, 5.41) is 2.44. The van der Waals surface area contributed by atoms with Crippen LogP contribution in [0.3, 0.4) is 0 Å². The molecule has 0 atom stereocenters. The molecule has 0 radical (unpaired) electrons. The third-order valence-corrected chi connectivity index (χ3v) is 4.11. The molecule has 96 valence electrons. The summed E-state index contributed by atoms with van der Waals surface area (Å²) >= 11 is 7.20. The van der Waals surface area contributed by atoms with Crippen LogP contribution < -0.4 is 5.43 Å². The van der Waals surface area contributed by atoms with E-state index in [1.807, 2.05) is 11.4 Å². The molecule has 2 aromatic heterocycles. The predicted octanol–water partition coefficient (Wildman–Crippen LogP) is 4.19. The van der Waals surface area contributed by atoms with Gasteiger partial charge in [-0.05, 0) is 32.0 Å². The summed E-state index contributed by atoms with van der Waals surface area (Å²) in [7, 11) is 0. The minimum atomic E-state index is 0.00178. The van der Waals surface area contributed by atoms with E-state index in [0.717, 1.165) is 11.3 Å². The smallest absolute Gasteiger partial charge is 0.195 e. The average Bonchev–Trinajstić information content (AvgIpc) is 2.83. The summed E-state index contributed by atoms with van der Waals surface area (Å²) in [6, 6.07) is 5.48. The third-order valence-electron chi connectivity index (χ3n) is 3.13. The molecule has 3 nitrogen and oxygen atoms in total. The van der Waals surface area contributed by atoms with Gasteiger partial charge in [0.05, 0.1) is 11.1 Å². The molecular formula is C14H10ClNO2S. The average molecular weight is 292 g/mol. The van der Waals surface area contributed by atoms with Crippen molar-refractivity contribution < 1.29 is 4.42 Å². The molecule has 0 N–H and O–H groups in total. The molecule has 0 spiro atoms. The number of thiazole rings is 1. The van der Waals surface area contributed by atoms with E-state index in [4.69, 9.17) is 16.0 Å². The number of nitrogens with zero attached hydrogens (tertiary/aromatic N) is 1. The maximum absolute atomic E-state index is 12.2. The van der Waals surface area contributed by atoms with Gasteiger partial charge in [-0.3, -0.25) is 4.79 Å². The van der Waals surface area contributed by atoms with Gasteiger partial charge in [-0.25, -0.2) is 4.98 Å². The molecule has 3 aromatic rings. The molecule has 19 heavy (non-hydrogen) atoms. The fourth-order valence-corrected chi connectivity index (χ4v) is 2.72. The van der Waals surface area contributed by atoms with Crippen molar-refractivity contribution in [1.82, 2.24) is 4.98 Å². The molecule has 5 heteroatoms. The van der Waals surface area contributed by atoms with Gasteiger partial charge in [0.15, 0.2) is 9.90 Å². The van der Waals surface area contributed by atoms with E-state index in [2.05, 4.69) is 4.98 Å². The zero-order valence-electron chi connectivity index (χ0n) is 10.4. The van der Waals surface area contributed by atoms with E-state index in [0.29, 0.717) is 26.8 Å². The summed E-state index contributed by atoms with van der Waals surface area (Å²) in [6.07, 6.45) is 0. The highest BCUT2D eigenvalue weighted by molar-refractivity contribution is 7.14. The van der Waals surface area contributed by atoms with Crippen LogP contribution in [0.1, 0.15) is 11.3 Å². The van der Waals surface area contributed by atoms with E-state index in [1.54, 1.807) is 26.0 Å². The lowest BCUT2D eigenvalue weighted by Gasteiger charge is -2.04. The highest BCUT2D eigenvalue weighted by atomic mass is 35.5. The lowest BCUT2D eigenvalue weighted by Crippen LogP contribution is -2.07. The van der Waals surface area contributed by atoms with Crippen LogP contribution in [0.25, 0.3) is 22.2 Å². The SMILES string of the molecule is Cc1oc2ccc(-c3csc(Cl)n3)cc2c(=O)c1C. The van der Waals surface area contributed by atoms with E-state index >= 15 is 0 Å².